The molecule has 4 aliphatic rings. The highest BCUT2D eigenvalue weighted by atomic mass is 16.5. The monoisotopic (exact) mass is 391 g/mol. The van der Waals surface area contributed by atoms with Crippen LogP contribution in [0.2, 0.25) is 0 Å². The number of nitrogens with zero attached hydrogens (tertiary/aromatic N) is 3. The second kappa shape index (κ2) is 9.12. The van der Waals surface area contributed by atoms with Crippen LogP contribution in [0.3, 0.4) is 0 Å². The van der Waals surface area contributed by atoms with Crippen LogP contribution in [0.4, 0.5) is 0 Å². The van der Waals surface area contributed by atoms with Crippen molar-refractivity contribution in [3.8, 4) is 0 Å². The second-order valence-corrected chi connectivity index (χ2v) is 9.41. The highest BCUT2D eigenvalue weighted by molar-refractivity contribution is 5.79. The number of hydrogen-bond acceptors (Lipinski definition) is 4. The van der Waals surface area contributed by atoms with Crippen molar-refractivity contribution in [2.24, 2.45) is 11.3 Å². The van der Waals surface area contributed by atoms with Crippen LogP contribution < -0.4 is 0 Å². The van der Waals surface area contributed by atoms with Gasteiger partial charge in [0.25, 0.3) is 0 Å². The van der Waals surface area contributed by atoms with Crippen LogP contribution in [0.1, 0.15) is 57.8 Å². The predicted octanol–water partition coefficient (Wildman–Crippen LogP) is 2.13. The third-order valence-electron chi connectivity index (χ3n) is 7.64. The van der Waals surface area contributed by atoms with E-state index in [1.54, 1.807) is 0 Å². The van der Waals surface area contributed by atoms with E-state index in [0.717, 1.165) is 45.7 Å². The summed E-state index contributed by atoms with van der Waals surface area (Å²) in [6.45, 7) is 7.32. The van der Waals surface area contributed by atoms with E-state index in [1.165, 1.54) is 44.9 Å². The van der Waals surface area contributed by atoms with Gasteiger partial charge < -0.3 is 14.5 Å². The summed E-state index contributed by atoms with van der Waals surface area (Å²) >= 11 is 0. The summed E-state index contributed by atoms with van der Waals surface area (Å²) in [7, 11) is 0. The SMILES string of the molecule is O=C(CCC1CN(C(=O)CN2CCCCCC2)CC12CCC2)N1CCOCC1. The zero-order valence-electron chi connectivity index (χ0n) is 17.4. The molecule has 1 unspecified atom stereocenters. The molecule has 158 valence electrons. The Morgan fingerprint density at radius 2 is 1.57 bits per heavy atom. The first-order valence-corrected chi connectivity index (χ1v) is 11.5. The van der Waals surface area contributed by atoms with Crippen LogP contribution in [0.25, 0.3) is 0 Å². The van der Waals surface area contributed by atoms with Crippen LogP contribution in [0.15, 0.2) is 0 Å². The molecule has 3 saturated heterocycles. The maximum absolute atomic E-state index is 13.0. The molecule has 0 radical (unpaired) electrons. The molecule has 0 aromatic rings. The summed E-state index contributed by atoms with van der Waals surface area (Å²) in [5.41, 5.74) is 0.305. The molecule has 3 aliphatic heterocycles. The van der Waals surface area contributed by atoms with Crippen LogP contribution in [-0.2, 0) is 14.3 Å². The molecule has 1 saturated carbocycles. The van der Waals surface area contributed by atoms with Crippen LogP contribution in [0, 0.1) is 11.3 Å². The van der Waals surface area contributed by atoms with Crippen molar-refractivity contribution < 1.29 is 14.3 Å². The average Bonchev–Trinajstić information content (AvgIpc) is 2.92. The van der Waals surface area contributed by atoms with E-state index in [-0.39, 0.29) is 5.91 Å². The molecular weight excluding hydrogens is 354 g/mol. The number of carbonyl (C=O) groups is 2. The third kappa shape index (κ3) is 4.54. The van der Waals surface area contributed by atoms with Crippen molar-refractivity contribution in [1.82, 2.24) is 14.7 Å². The maximum atomic E-state index is 13.0. The highest BCUT2D eigenvalue weighted by Crippen LogP contribution is 2.53. The van der Waals surface area contributed by atoms with Gasteiger partial charge in [0.05, 0.1) is 19.8 Å². The van der Waals surface area contributed by atoms with Crippen molar-refractivity contribution in [3.63, 3.8) is 0 Å². The standard InChI is InChI=1S/C22H37N3O3/c26-20(24-12-14-28-15-13-24)7-6-19-16-25(18-22(19)8-5-9-22)21(27)17-23-10-3-1-2-4-11-23/h19H,1-18H2. The molecule has 0 aromatic carbocycles. The molecule has 0 bridgehead atoms. The first-order valence-electron chi connectivity index (χ1n) is 11.5. The van der Waals surface area contributed by atoms with Gasteiger partial charge in [-0.3, -0.25) is 14.5 Å². The van der Waals surface area contributed by atoms with Crippen LogP contribution in [0.5, 0.6) is 0 Å². The molecule has 3 heterocycles. The van der Waals surface area contributed by atoms with Gasteiger partial charge in [0, 0.05) is 32.6 Å². The number of hydrogen-bond donors (Lipinski definition) is 0. The minimum absolute atomic E-state index is 0.270. The van der Waals surface area contributed by atoms with E-state index < -0.39 is 0 Å². The van der Waals surface area contributed by atoms with Gasteiger partial charge >= 0.3 is 0 Å². The molecule has 0 N–H and O–H groups in total. The number of ether oxygens (including phenoxy) is 1. The zero-order chi connectivity index (χ0) is 19.4. The Kier molecular flexibility index (Phi) is 6.56. The largest absolute Gasteiger partial charge is 0.378 e. The summed E-state index contributed by atoms with van der Waals surface area (Å²) in [5, 5.41) is 0. The Bertz CT molecular complexity index is 549. The molecule has 2 amide bonds. The molecule has 1 aliphatic carbocycles. The summed E-state index contributed by atoms with van der Waals surface area (Å²) < 4.78 is 5.36. The van der Waals surface area contributed by atoms with Crippen molar-refractivity contribution in [3.05, 3.63) is 0 Å². The van der Waals surface area contributed by atoms with Crippen molar-refractivity contribution in [2.75, 3.05) is 59.0 Å². The molecule has 6 nitrogen and oxygen atoms in total. The smallest absolute Gasteiger partial charge is 0.236 e. The molecule has 6 heteroatoms. The lowest BCUT2D eigenvalue weighted by molar-refractivity contribution is -0.135. The lowest BCUT2D eigenvalue weighted by Crippen LogP contribution is -2.42. The summed E-state index contributed by atoms with van der Waals surface area (Å²) in [4.78, 5) is 32.0. The molecule has 0 aromatic heterocycles. The molecule has 1 spiro atoms. The molecule has 4 rings (SSSR count). The predicted molar refractivity (Wildman–Crippen MR) is 108 cm³/mol. The van der Waals surface area contributed by atoms with Gasteiger partial charge in [-0.1, -0.05) is 19.3 Å². The van der Waals surface area contributed by atoms with Gasteiger partial charge in [0.15, 0.2) is 0 Å². The number of rotatable bonds is 5. The average molecular weight is 392 g/mol. The molecule has 28 heavy (non-hydrogen) atoms. The van der Waals surface area contributed by atoms with Gasteiger partial charge in [-0.05, 0) is 56.5 Å². The molecule has 4 fully saturated rings. The first-order chi connectivity index (χ1) is 13.7. The number of likely N-dealkylation sites (tertiary alicyclic amines) is 2. The Labute approximate surface area is 169 Å². The fraction of sp³-hybridized carbons (Fsp3) is 0.909. The van der Waals surface area contributed by atoms with E-state index in [4.69, 9.17) is 4.74 Å². The Hall–Kier alpha value is -1.14. The van der Waals surface area contributed by atoms with Crippen LogP contribution in [-0.4, -0.2) is 85.5 Å². The lowest BCUT2D eigenvalue weighted by atomic mass is 9.62. The highest BCUT2D eigenvalue weighted by Gasteiger charge is 2.51. The fourth-order valence-corrected chi connectivity index (χ4v) is 5.67. The van der Waals surface area contributed by atoms with Crippen LogP contribution >= 0.6 is 0 Å². The van der Waals surface area contributed by atoms with Gasteiger partial charge in [0.2, 0.25) is 11.8 Å². The Morgan fingerprint density at radius 3 is 2.21 bits per heavy atom. The van der Waals surface area contributed by atoms with E-state index >= 15 is 0 Å². The normalized spacial score (nSPS) is 28.2. The fourth-order valence-electron chi connectivity index (χ4n) is 5.67. The van der Waals surface area contributed by atoms with Gasteiger partial charge in [-0.25, -0.2) is 0 Å². The topological polar surface area (TPSA) is 53.1 Å². The number of morpholine rings is 1. The number of amides is 2. The Morgan fingerprint density at radius 1 is 0.857 bits per heavy atom. The quantitative estimate of drug-likeness (QED) is 0.720. The molecule has 1 atom stereocenters. The minimum Gasteiger partial charge on any atom is -0.378 e. The lowest BCUT2D eigenvalue weighted by Gasteiger charge is -2.43. The van der Waals surface area contributed by atoms with E-state index in [1.807, 2.05) is 4.90 Å². The number of carbonyl (C=O) groups excluding carboxylic acids is 2. The van der Waals surface area contributed by atoms with Gasteiger partial charge in [-0.15, -0.1) is 0 Å². The van der Waals surface area contributed by atoms with E-state index in [9.17, 15) is 9.59 Å². The van der Waals surface area contributed by atoms with Gasteiger partial charge in [-0.2, -0.15) is 0 Å². The van der Waals surface area contributed by atoms with Crippen molar-refractivity contribution in [1.29, 1.82) is 0 Å². The Balaban J connectivity index is 1.29. The molecular formula is C22H37N3O3. The van der Waals surface area contributed by atoms with Crippen molar-refractivity contribution >= 4 is 11.8 Å². The summed E-state index contributed by atoms with van der Waals surface area (Å²) in [6.07, 6.45) is 10.4. The second-order valence-electron chi connectivity index (χ2n) is 9.41. The maximum Gasteiger partial charge on any atom is 0.236 e. The summed E-state index contributed by atoms with van der Waals surface area (Å²) in [6, 6.07) is 0. The first kappa shape index (κ1) is 20.1. The van der Waals surface area contributed by atoms with E-state index in [0.29, 0.717) is 43.4 Å². The third-order valence-corrected chi connectivity index (χ3v) is 7.64. The minimum atomic E-state index is 0.270. The summed E-state index contributed by atoms with van der Waals surface area (Å²) in [5.74, 6) is 1.08. The zero-order valence-corrected chi connectivity index (χ0v) is 17.4. The van der Waals surface area contributed by atoms with Crippen molar-refractivity contribution in [2.45, 2.75) is 57.8 Å². The van der Waals surface area contributed by atoms with Gasteiger partial charge in [0.1, 0.15) is 0 Å². The van der Waals surface area contributed by atoms with E-state index in [2.05, 4.69) is 9.80 Å².